The predicted octanol–water partition coefficient (Wildman–Crippen LogP) is 3.22. The number of benzene rings is 2. The van der Waals surface area contributed by atoms with Crippen LogP contribution in [0.1, 0.15) is 15.9 Å². The Bertz CT molecular complexity index is 986. The smallest absolute Gasteiger partial charge is 0.340 e. The molecule has 0 saturated heterocycles. The molecule has 0 saturated carbocycles. The van der Waals surface area contributed by atoms with Crippen molar-refractivity contribution in [1.82, 2.24) is 4.98 Å². The van der Waals surface area contributed by atoms with Crippen molar-refractivity contribution >= 4 is 15.9 Å². The summed E-state index contributed by atoms with van der Waals surface area (Å²) < 4.78 is 42.1. The number of aromatic nitrogens is 1. The van der Waals surface area contributed by atoms with E-state index in [4.69, 9.17) is 4.18 Å². The van der Waals surface area contributed by atoms with Crippen molar-refractivity contribution in [2.75, 3.05) is 0 Å². The Morgan fingerprint density at radius 1 is 0.920 bits per heavy atom. The Balaban J connectivity index is 1.78. The van der Waals surface area contributed by atoms with Crippen LogP contribution in [0.5, 0.6) is 5.75 Å². The minimum Gasteiger partial charge on any atom is -0.379 e. The van der Waals surface area contributed by atoms with E-state index in [2.05, 4.69) is 4.98 Å². The van der Waals surface area contributed by atoms with Gasteiger partial charge in [0.15, 0.2) is 5.78 Å². The van der Waals surface area contributed by atoms with Crippen LogP contribution in [-0.4, -0.2) is 19.2 Å². The second-order valence-corrected chi connectivity index (χ2v) is 6.63. The van der Waals surface area contributed by atoms with Gasteiger partial charge in [-0.1, -0.05) is 0 Å². The van der Waals surface area contributed by atoms with Crippen LogP contribution < -0.4 is 4.18 Å². The number of hydrogen-bond donors (Lipinski definition) is 0. The number of carbonyl (C=O) groups is 1. The maximum absolute atomic E-state index is 12.9. The summed E-state index contributed by atoms with van der Waals surface area (Å²) in [5.74, 6) is -0.665. The van der Waals surface area contributed by atoms with E-state index in [1.807, 2.05) is 0 Å². The van der Waals surface area contributed by atoms with E-state index in [-0.39, 0.29) is 16.4 Å². The van der Waals surface area contributed by atoms with Crippen molar-refractivity contribution in [1.29, 1.82) is 0 Å². The molecule has 1 aromatic heterocycles. The van der Waals surface area contributed by atoms with Gasteiger partial charge in [-0.25, -0.2) is 4.39 Å². The van der Waals surface area contributed by atoms with E-state index < -0.39 is 15.9 Å². The molecule has 7 heteroatoms. The van der Waals surface area contributed by atoms with Gasteiger partial charge in [-0.2, -0.15) is 8.42 Å². The first kappa shape index (κ1) is 16.8. The summed E-state index contributed by atoms with van der Waals surface area (Å²) in [6.07, 6.45) is 2.64. The van der Waals surface area contributed by atoms with Crippen LogP contribution in [-0.2, 0) is 10.1 Å². The number of rotatable bonds is 5. The molecule has 0 aliphatic carbocycles. The average molecular weight is 357 g/mol. The first-order valence-electron chi connectivity index (χ1n) is 7.20. The summed E-state index contributed by atoms with van der Waals surface area (Å²) in [5, 5.41) is 0. The standard InChI is InChI=1S/C18H12FNO4S/c19-15-7-3-13(4-8-15)18(21)14-5-9-16(10-6-14)24-25(22,23)17-2-1-11-20-12-17/h1-12H. The molecule has 0 N–H and O–H groups in total. The maximum atomic E-state index is 12.9. The summed E-state index contributed by atoms with van der Waals surface area (Å²) in [7, 11) is -3.99. The molecule has 0 aliphatic heterocycles. The minimum atomic E-state index is -3.99. The Morgan fingerprint density at radius 3 is 2.08 bits per heavy atom. The van der Waals surface area contributed by atoms with Crippen molar-refractivity contribution < 1.29 is 21.8 Å². The number of nitrogens with zero attached hydrogens (tertiary/aromatic N) is 1. The third kappa shape index (κ3) is 3.89. The fourth-order valence-corrected chi connectivity index (χ4v) is 3.00. The fraction of sp³-hybridized carbons (Fsp3) is 0. The monoisotopic (exact) mass is 357 g/mol. The molecule has 5 nitrogen and oxygen atoms in total. The zero-order valence-corrected chi connectivity index (χ0v) is 13.6. The molecule has 0 fully saturated rings. The normalized spacial score (nSPS) is 11.1. The predicted molar refractivity (Wildman–Crippen MR) is 88.3 cm³/mol. The van der Waals surface area contributed by atoms with Gasteiger partial charge in [-0.05, 0) is 60.7 Å². The summed E-state index contributed by atoms with van der Waals surface area (Å²) in [6, 6.07) is 13.7. The molecule has 0 unspecified atom stereocenters. The van der Waals surface area contributed by atoms with Crippen LogP contribution in [0.15, 0.2) is 78.0 Å². The lowest BCUT2D eigenvalue weighted by molar-refractivity contribution is 0.103. The van der Waals surface area contributed by atoms with Crippen molar-refractivity contribution in [3.8, 4) is 5.75 Å². The zero-order chi connectivity index (χ0) is 17.9. The molecule has 25 heavy (non-hydrogen) atoms. The summed E-state index contributed by atoms with van der Waals surface area (Å²) >= 11 is 0. The zero-order valence-electron chi connectivity index (χ0n) is 12.8. The fourth-order valence-electron chi connectivity index (χ4n) is 2.10. The molecule has 0 atom stereocenters. The third-order valence-electron chi connectivity index (χ3n) is 3.35. The van der Waals surface area contributed by atoms with Crippen molar-refractivity contribution in [3.05, 3.63) is 90.0 Å². The van der Waals surface area contributed by atoms with Crippen LogP contribution in [0.4, 0.5) is 4.39 Å². The van der Waals surface area contributed by atoms with E-state index in [0.29, 0.717) is 11.1 Å². The lowest BCUT2D eigenvalue weighted by Gasteiger charge is -2.07. The van der Waals surface area contributed by atoms with Gasteiger partial charge in [-0.3, -0.25) is 9.78 Å². The lowest BCUT2D eigenvalue weighted by Crippen LogP contribution is -2.10. The van der Waals surface area contributed by atoms with Crippen LogP contribution in [0.3, 0.4) is 0 Å². The van der Waals surface area contributed by atoms with Gasteiger partial charge in [0.25, 0.3) is 0 Å². The van der Waals surface area contributed by atoms with Crippen LogP contribution in [0.2, 0.25) is 0 Å². The average Bonchev–Trinajstić information content (AvgIpc) is 2.63. The van der Waals surface area contributed by atoms with Crippen LogP contribution in [0.25, 0.3) is 0 Å². The van der Waals surface area contributed by atoms with Gasteiger partial charge in [0.1, 0.15) is 16.5 Å². The van der Waals surface area contributed by atoms with Crippen molar-refractivity contribution in [3.63, 3.8) is 0 Å². The summed E-state index contributed by atoms with van der Waals surface area (Å²) in [6.45, 7) is 0. The van der Waals surface area contributed by atoms with Crippen molar-refractivity contribution in [2.24, 2.45) is 0 Å². The highest BCUT2D eigenvalue weighted by Crippen LogP contribution is 2.20. The van der Waals surface area contributed by atoms with Crippen LogP contribution >= 0.6 is 0 Å². The summed E-state index contributed by atoms with van der Waals surface area (Å²) in [5.41, 5.74) is 0.663. The van der Waals surface area contributed by atoms with E-state index in [9.17, 15) is 17.6 Å². The molecule has 0 bridgehead atoms. The number of hydrogen-bond acceptors (Lipinski definition) is 5. The topological polar surface area (TPSA) is 73.3 Å². The Hall–Kier alpha value is -3.06. The molecule has 0 aliphatic rings. The van der Waals surface area contributed by atoms with Gasteiger partial charge >= 0.3 is 10.1 Å². The van der Waals surface area contributed by atoms with E-state index >= 15 is 0 Å². The van der Waals surface area contributed by atoms with Crippen molar-refractivity contribution in [2.45, 2.75) is 4.90 Å². The number of carbonyl (C=O) groups excluding carboxylic acids is 1. The van der Waals surface area contributed by atoms with Crippen LogP contribution in [0, 0.1) is 5.82 Å². The molecule has 0 amide bonds. The van der Waals surface area contributed by atoms with E-state index in [0.717, 1.165) is 0 Å². The minimum absolute atomic E-state index is 0.0681. The molecule has 0 radical (unpaired) electrons. The third-order valence-corrected chi connectivity index (χ3v) is 4.58. The largest absolute Gasteiger partial charge is 0.379 e. The van der Waals surface area contributed by atoms with Gasteiger partial charge in [-0.15, -0.1) is 0 Å². The van der Waals surface area contributed by atoms with Gasteiger partial charge in [0.2, 0.25) is 0 Å². The number of pyridine rings is 1. The first-order chi connectivity index (χ1) is 12.0. The first-order valence-corrected chi connectivity index (χ1v) is 8.61. The molecule has 3 aromatic rings. The number of ketones is 1. The quantitative estimate of drug-likeness (QED) is 0.518. The highest BCUT2D eigenvalue weighted by molar-refractivity contribution is 7.87. The SMILES string of the molecule is O=C(c1ccc(F)cc1)c1ccc(OS(=O)(=O)c2cccnc2)cc1. The van der Waals surface area contributed by atoms with Gasteiger partial charge < -0.3 is 4.18 Å². The molecule has 1 heterocycles. The molecule has 2 aromatic carbocycles. The highest BCUT2D eigenvalue weighted by atomic mass is 32.2. The Morgan fingerprint density at radius 2 is 1.52 bits per heavy atom. The number of halogens is 1. The highest BCUT2D eigenvalue weighted by Gasteiger charge is 2.17. The summed E-state index contributed by atoms with van der Waals surface area (Å²) in [4.78, 5) is 16.0. The molecule has 126 valence electrons. The van der Waals surface area contributed by atoms with Gasteiger partial charge in [0, 0.05) is 23.5 Å². The second-order valence-electron chi connectivity index (χ2n) is 5.09. The molecule has 0 spiro atoms. The second kappa shape index (κ2) is 6.82. The molecular formula is C18H12FNO4S. The lowest BCUT2D eigenvalue weighted by atomic mass is 10.0. The molecule has 3 rings (SSSR count). The Kier molecular flexibility index (Phi) is 4.58. The molecular weight excluding hydrogens is 345 g/mol. The Labute approximate surface area is 143 Å². The van der Waals surface area contributed by atoms with Gasteiger partial charge in [0.05, 0.1) is 0 Å². The van der Waals surface area contributed by atoms with E-state index in [1.54, 1.807) is 0 Å². The maximum Gasteiger partial charge on any atom is 0.340 e. The van der Waals surface area contributed by atoms with E-state index in [1.165, 1.54) is 73.1 Å².